The van der Waals surface area contributed by atoms with Crippen LogP contribution in [0.3, 0.4) is 0 Å². The molecule has 3 N–H and O–H groups in total. The number of hydrogen-bond donors (Lipinski definition) is 3. The van der Waals surface area contributed by atoms with E-state index in [9.17, 15) is 13.2 Å². The highest BCUT2D eigenvalue weighted by molar-refractivity contribution is 7.92. The van der Waals surface area contributed by atoms with E-state index in [1.54, 1.807) is 18.3 Å². The van der Waals surface area contributed by atoms with Crippen LogP contribution in [0.2, 0.25) is 0 Å². The Labute approximate surface area is 164 Å². The summed E-state index contributed by atoms with van der Waals surface area (Å²) in [5.41, 5.74) is 1.50. The number of methoxy groups -OCH3 is 1. The summed E-state index contributed by atoms with van der Waals surface area (Å²) < 4.78 is 36.5. The number of carbonyl (C=O) groups excluding carboxylic acids is 1. The summed E-state index contributed by atoms with van der Waals surface area (Å²) in [6.07, 6.45) is 1.62. The summed E-state index contributed by atoms with van der Waals surface area (Å²) in [5, 5.41) is 5.40. The average Bonchev–Trinajstić information content (AvgIpc) is 2.68. The lowest BCUT2D eigenvalue weighted by atomic mass is 10.2. The molecule has 9 nitrogen and oxygen atoms in total. The van der Waals surface area contributed by atoms with Crippen LogP contribution < -0.4 is 24.8 Å². The van der Waals surface area contributed by atoms with Crippen LogP contribution in [0.15, 0.2) is 36.5 Å². The molecular formula is C18H24N4O5S. The zero-order chi connectivity index (χ0) is 20.6. The molecule has 0 saturated carbocycles. The maximum atomic E-state index is 12.2. The Balaban J connectivity index is 2.02. The van der Waals surface area contributed by atoms with Crippen LogP contribution in [0.4, 0.5) is 16.2 Å². The molecule has 28 heavy (non-hydrogen) atoms. The standard InChI is InChI=1S/C18H24N4O5S/c1-4-27-17-13(7-6-10-19-17)12-20-18(23)21-14-8-9-15(16(11-14)26-3)22-28(24,25)5-2/h6-11,22H,4-5,12H2,1-3H3,(H2,20,21,23). The van der Waals surface area contributed by atoms with Gasteiger partial charge in [0.05, 0.1) is 25.2 Å². The monoisotopic (exact) mass is 408 g/mol. The van der Waals surface area contributed by atoms with Crippen molar-refractivity contribution in [1.82, 2.24) is 10.3 Å². The van der Waals surface area contributed by atoms with Gasteiger partial charge in [-0.15, -0.1) is 0 Å². The maximum Gasteiger partial charge on any atom is 0.319 e. The van der Waals surface area contributed by atoms with Crippen LogP contribution in [-0.4, -0.2) is 38.9 Å². The molecule has 0 fully saturated rings. The molecule has 0 aliphatic heterocycles. The van der Waals surface area contributed by atoms with Gasteiger partial charge in [-0.1, -0.05) is 6.07 Å². The number of nitrogens with one attached hydrogen (secondary N) is 3. The molecule has 0 aliphatic carbocycles. The number of sulfonamides is 1. The summed E-state index contributed by atoms with van der Waals surface area (Å²) in [7, 11) is -2.02. The van der Waals surface area contributed by atoms with Gasteiger partial charge in [0.15, 0.2) is 0 Å². The third-order valence-electron chi connectivity index (χ3n) is 3.68. The van der Waals surface area contributed by atoms with Crippen molar-refractivity contribution >= 4 is 27.4 Å². The first-order valence-electron chi connectivity index (χ1n) is 8.68. The smallest absolute Gasteiger partial charge is 0.319 e. The van der Waals surface area contributed by atoms with Gasteiger partial charge in [-0.2, -0.15) is 0 Å². The summed E-state index contributed by atoms with van der Waals surface area (Å²) in [5.74, 6) is 0.705. The fourth-order valence-corrected chi connectivity index (χ4v) is 2.92. The SMILES string of the molecule is CCOc1ncccc1CNC(=O)Nc1ccc(NS(=O)(=O)CC)c(OC)c1. The topological polar surface area (TPSA) is 119 Å². The molecule has 152 valence electrons. The summed E-state index contributed by atoms with van der Waals surface area (Å²) in [6, 6.07) is 7.77. The van der Waals surface area contributed by atoms with E-state index in [2.05, 4.69) is 20.3 Å². The van der Waals surface area contributed by atoms with Crippen molar-refractivity contribution in [2.75, 3.05) is 29.5 Å². The Bertz CT molecular complexity index is 918. The van der Waals surface area contributed by atoms with E-state index in [1.165, 1.54) is 26.2 Å². The average molecular weight is 408 g/mol. The number of anilines is 2. The second-order valence-electron chi connectivity index (χ2n) is 5.63. The van der Waals surface area contributed by atoms with E-state index in [4.69, 9.17) is 9.47 Å². The molecule has 0 aliphatic rings. The quantitative estimate of drug-likeness (QED) is 0.587. The molecule has 2 amide bonds. The highest BCUT2D eigenvalue weighted by atomic mass is 32.2. The number of ether oxygens (including phenoxy) is 2. The summed E-state index contributed by atoms with van der Waals surface area (Å²) in [6.45, 7) is 4.11. The molecular weight excluding hydrogens is 384 g/mol. The first-order chi connectivity index (χ1) is 13.4. The van der Waals surface area contributed by atoms with Crippen molar-refractivity contribution in [3.05, 3.63) is 42.1 Å². The molecule has 0 spiro atoms. The highest BCUT2D eigenvalue weighted by Gasteiger charge is 2.13. The third-order valence-corrected chi connectivity index (χ3v) is 4.97. The summed E-state index contributed by atoms with van der Waals surface area (Å²) in [4.78, 5) is 16.3. The lowest BCUT2D eigenvalue weighted by molar-refractivity contribution is 0.251. The minimum absolute atomic E-state index is 0.0589. The van der Waals surface area contributed by atoms with E-state index < -0.39 is 16.1 Å². The molecule has 1 heterocycles. The van der Waals surface area contributed by atoms with E-state index in [1.807, 2.05) is 13.0 Å². The normalized spacial score (nSPS) is 10.8. The molecule has 10 heteroatoms. The maximum absolute atomic E-state index is 12.2. The fraction of sp³-hybridized carbons (Fsp3) is 0.333. The van der Waals surface area contributed by atoms with Crippen molar-refractivity contribution < 1.29 is 22.7 Å². The van der Waals surface area contributed by atoms with Gasteiger partial charge in [0.25, 0.3) is 0 Å². The highest BCUT2D eigenvalue weighted by Crippen LogP contribution is 2.28. The van der Waals surface area contributed by atoms with Crippen molar-refractivity contribution in [3.63, 3.8) is 0 Å². The van der Waals surface area contributed by atoms with Crippen molar-refractivity contribution in [2.24, 2.45) is 0 Å². The Morgan fingerprint density at radius 3 is 2.68 bits per heavy atom. The van der Waals surface area contributed by atoms with E-state index in [0.717, 1.165) is 5.56 Å². The third kappa shape index (κ3) is 6.02. The number of hydrogen-bond acceptors (Lipinski definition) is 6. The van der Waals surface area contributed by atoms with Crippen LogP contribution in [0.25, 0.3) is 0 Å². The number of aromatic nitrogens is 1. The molecule has 2 rings (SSSR count). The van der Waals surface area contributed by atoms with E-state index in [0.29, 0.717) is 29.6 Å². The van der Waals surface area contributed by atoms with Crippen LogP contribution in [0.1, 0.15) is 19.4 Å². The number of nitrogens with zero attached hydrogens (tertiary/aromatic N) is 1. The number of urea groups is 1. The van der Waals surface area contributed by atoms with Gasteiger partial charge in [0.1, 0.15) is 5.75 Å². The first kappa shape index (κ1) is 21.3. The Morgan fingerprint density at radius 1 is 1.21 bits per heavy atom. The lowest BCUT2D eigenvalue weighted by Crippen LogP contribution is -2.28. The second kappa shape index (κ2) is 9.79. The van der Waals surface area contributed by atoms with Gasteiger partial charge in [0, 0.05) is 30.1 Å². The number of pyridine rings is 1. The largest absolute Gasteiger partial charge is 0.494 e. The Kier molecular flexibility index (Phi) is 7.44. The molecule has 1 aromatic carbocycles. The number of carbonyl (C=O) groups is 1. The van der Waals surface area contributed by atoms with E-state index in [-0.39, 0.29) is 12.3 Å². The predicted octanol–water partition coefficient (Wildman–Crippen LogP) is 2.57. The minimum Gasteiger partial charge on any atom is -0.494 e. The van der Waals surface area contributed by atoms with Gasteiger partial charge in [-0.3, -0.25) is 4.72 Å². The first-order valence-corrected chi connectivity index (χ1v) is 10.3. The van der Waals surface area contributed by atoms with Crippen LogP contribution in [0, 0.1) is 0 Å². The molecule has 1 aromatic heterocycles. The predicted molar refractivity (Wildman–Crippen MR) is 107 cm³/mol. The second-order valence-corrected chi connectivity index (χ2v) is 7.64. The zero-order valence-electron chi connectivity index (χ0n) is 16.0. The van der Waals surface area contributed by atoms with Crippen molar-refractivity contribution in [1.29, 1.82) is 0 Å². The Morgan fingerprint density at radius 2 is 2.00 bits per heavy atom. The van der Waals surface area contributed by atoms with Crippen LogP contribution >= 0.6 is 0 Å². The van der Waals surface area contributed by atoms with Gasteiger partial charge in [0.2, 0.25) is 15.9 Å². The van der Waals surface area contributed by atoms with Gasteiger partial charge < -0.3 is 20.1 Å². The van der Waals surface area contributed by atoms with E-state index >= 15 is 0 Å². The summed E-state index contributed by atoms with van der Waals surface area (Å²) >= 11 is 0. The molecule has 0 saturated heterocycles. The fourth-order valence-electron chi connectivity index (χ4n) is 2.27. The van der Waals surface area contributed by atoms with Crippen LogP contribution in [0.5, 0.6) is 11.6 Å². The van der Waals surface area contributed by atoms with Crippen LogP contribution in [-0.2, 0) is 16.6 Å². The van der Waals surface area contributed by atoms with Gasteiger partial charge in [-0.25, -0.2) is 18.2 Å². The Hall–Kier alpha value is -3.01. The molecule has 0 atom stereocenters. The number of rotatable bonds is 9. The molecule has 2 aromatic rings. The van der Waals surface area contributed by atoms with Crippen molar-refractivity contribution in [3.8, 4) is 11.6 Å². The minimum atomic E-state index is -3.44. The number of amides is 2. The lowest BCUT2D eigenvalue weighted by Gasteiger charge is -2.14. The molecule has 0 unspecified atom stereocenters. The van der Waals surface area contributed by atoms with Gasteiger partial charge >= 0.3 is 6.03 Å². The molecule has 0 bridgehead atoms. The zero-order valence-corrected chi connectivity index (χ0v) is 16.8. The molecule has 0 radical (unpaired) electrons. The van der Waals surface area contributed by atoms with Gasteiger partial charge in [-0.05, 0) is 32.0 Å². The van der Waals surface area contributed by atoms with Crippen molar-refractivity contribution in [2.45, 2.75) is 20.4 Å². The number of benzene rings is 1.